The molecule has 1 rings (SSSR count). The minimum absolute atomic E-state index is 0.231. The first kappa shape index (κ1) is 12.1. The summed E-state index contributed by atoms with van der Waals surface area (Å²) in [6, 6.07) is 2.95. The number of hydrogen-bond acceptors (Lipinski definition) is 2. The molecule has 0 aliphatic rings. The Morgan fingerprint density at radius 2 is 2.07 bits per heavy atom. The Morgan fingerprint density at radius 3 is 2.67 bits per heavy atom. The molecule has 0 atom stereocenters. The number of nitrogen functional groups attached to an aromatic ring is 1. The number of amides is 1. The van der Waals surface area contributed by atoms with Gasteiger partial charge in [-0.15, -0.1) is 0 Å². The van der Waals surface area contributed by atoms with Gasteiger partial charge in [0.15, 0.2) is 0 Å². The standard InChI is InChI=1S/C10H12Cl2N2O/c1-2-3-14-10(15)6-4-9(13)8(12)5-7(6)11/h4-5H,2-3,13H2,1H3,(H,14,15). The van der Waals surface area contributed by atoms with Crippen molar-refractivity contribution >= 4 is 34.8 Å². The van der Waals surface area contributed by atoms with Gasteiger partial charge in [0.1, 0.15) is 0 Å². The van der Waals surface area contributed by atoms with E-state index in [1.807, 2.05) is 6.92 Å². The van der Waals surface area contributed by atoms with Gasteiger partial charge >= 0.3 is 0 Å². The van der Waals surface area contributed by atoms with Crippen LogP contribution in [0.3, 0.4) is 0 Å². The summed E-state index contributed by atoms with van der Waals surface area (Å²) in [5.74, 6) is -0.231. The second-order valence-corrected chi connectivity index (χ2v) is 3.92. The van der Waals surface area contributed by atoms with Gasteiger partial charge in [0.25, 0.3) is 5.91 Å². The van der Waals surface area contributed by atoms with Crippen molar-refractivity contribution in [1.82, 2.24) is 5.32 Å². The average molecular weight is 247 g/mol. The lowest BCUT2D eigenvalue weighted by atomic mass is 10.2. The monoisotopic (exact) mass is 246 g/mol. The third-order valence-electron chi connectivity index (χ3n) is 1.87. The first-order valence-corrected chi connectivity index (χ1v) is 5.34. The molecule has 0 radical (unpaired) electrons. The predicted molar refractivity (Wildman–Crippen MR) is 63.5 cm³/mol. The van der Waals surface area contributed by atoms with Crippen LogP contribution in [0.25, 0.3) is 0 Å². The molecule has 0 spiro atoms. The third kappa shape index (κ3) is 3.01. The number of hydrogen-bond donors (Lipinski definition) is 2. The maximum absolute atomic E-state index is 11.6. The minimum atomic E-state index is -0.231. The molecule has 82 valence electrons. The summed E-state index contributed by atoms with van der Waals surface area (Å²) in [4.78, 5) is 11.6. The topological polar surface area (TPSA) is 55.1 Å². The van der Waals surface area contributed by atoms with Gasteiger partial charge < -0.3 is 11.1 Å². The molecule has 0 aliphatic carbocycles. The molecule has 0 aromatic heterocycles. The van der Waals surface area contributed by atoms with Crippen molar-refractivity contribution in [2.75, 3.05) is 12.3 Å². The van der Waals surface area contributed by atoms with Gasteiger partial charge in [-0.3, -0.25) is 4.79 Å². The van der Waals surface area contributed by atoms with Crippen molar-refractivity contribution in [2.24, 2.45) is 0 Å². The van der Waals surface area contributed by atoms with Crippen LogP contribution in [0.1, 0.15) is 23.7 Å². The molecule has 15 heavy (non-hydrogen) atoms. The molecule has 0 fully saturated rings. The summed E-state index contributed by atoms with van der Waals surface area (Å²) in [6.07, 6.45) is 0.867. The van der Waals surface area contributed by atoms with Gasteiger partial charge in [-0.2, -0.15) is 0 Å². The van der Waals surface area contributed by atoms with E-state index in [2.05, 4.69) is 5.32 Å². The number of carbonyl (C=O) groups excluding carboxylic acids is 1. The van der Waals surface area contributed by atoms with Crippen molar-refractivity contribution in [3.8, 4) is 0 Å². The molecular formula is C10H12Cl2N2O. The van der Waals surface area contributed by atoms with Gasteiger partial charge in [0, 0.05) is 6.54 Å². The van der Waals surface area contributed by atoms with Crippen LogP contribution < -0.4 is 11.1 Å². The number of nitrogens with one attached hydrogen (secondary N) is 1. The van der Waals surface area contributed by atoms with Crippen LogP contribution in [-0.4, -0.2) is 12.5 Å². The summed E-state index contributed by atoms with van der Waals surface area (Å²) in [6.45, 7) is 2.58. The maximum Gasteiger partial charge on any atom is 0.252 e. The Bertz CT molecular complexity index is 380. The highest BCUT2D eigenvalue weighted by molar-refractivity contribution is 6.38. The number of nitrogens with two attached hydrogens (primary N) is 1. The SMILES string of the molecule is CCCNC(=O)c1cc(N)c(Cl)cc1Cl. The fraction of sp³-hybridized carbons (Fsp3) is 0.300. The molecule has 5 heteroatoms. The molecule has 0 unspecified atom stereocenters. The van der Waals surface area contributed by atoms with Crippen LogP contribution in [-0.2, 0) is 0 Å². The zero-order valence-electron chi connectivity index (χ0n) is 8.31. The number of halogens is 2. The zero-order valence-corrected chi connectivity index (χ0v) is 9.82. The highest BCUT2D eigenvalue weighted by Crippen LogP contribution is 2.26. The van der Waals surface area contributed by atoms with Crippen LogP contribution in [0.5, 0.6) is 0 Å². The normalized spacial score (nSPS) is 10.1. The van der Waals surface area contributed by atoms with Gasteiger partial charge in [-0.05, 0) is 18.6 Å². The lowest BCUT2D eigenvalue weighted by molar-refractivity contribution is 0.0954. The highest BCUT2D eigenvalue weighted by atomic mass is 35.5. The number of benzene rings is 1. The van der Waals surface area contributed by atoms with E-state index in [0.29, 0.717) is 27.8 Å². The number of anilines is 1. The summed E-state index contributed by atoms with van der Waals surface area (Å²) in [7, 11) is 0. The first-order valence-electron chi connectivity index (χ1n) is 4.59. The second kappa shape index (κ2) is 5.24. The minimum Gasteiger partial charge on any atom is -0.398 e. The molecule has 3 N–H and O–H groups in total. The summed E-state index contributed by atoms with van der Waals surface area (Å²) >= 11 is 11.6. The Balaban J connectivity index is 2.94. The lowest BCUT2D eigenvalue weighted by Crippen LogP contribution is -2.24. The quantitative estimate of drug-likeness (QED) is 0.807. The van der Waals surface area contributed by atoms with E-state index in [4.69, 9.17) is 28.9 Å². The van der Waals surface area contributed by atoms with Crippen LogP contribution >= 0.6 is 23.2 Å². The highest BCUT2D eigenvalue weighted by Gasteiger charge is 2.11. The Hall–Kier alpha value is -0.930. The fourth-order valence-corrected chi connectivity index (χ4v) is 1.54. The fourth-order valence-electron chi connectivity index (χ4n) is 1.07. The number of carbonyl (C=O) groups is 1. The van der Waals surface area contributed by atoms with Gasteiger partial charge in [0.2, 0.25) is 0 Å². The summed E-state index contributed by atoms with van der Waals surface area (Å²) < 4.78 is 0. The third-order valence-corrected chi connectivity index (χ3v) is 2.51. The molecule has 0 saturated heterocycles. The van der Waals surface area contributed by atoms with Crippen molar-refractivity contribution in [2.45, 2.75) is 13.3 Å². The van der Waals surface area contributed by atoms with E-state index in [1.54, 1.807) is 0 Å². The molecule has 1 aromatic rings. The largest absolute Gasteiger partial charge is 0.398 e. The Kier molecular flexibility index (Phi) is 4.24. The van der Waals surface area contributed by atoms with Crippen molar-refractivity contribution in [3.05, 3.63) is 27.7 Å². The first-order chi connectivity index (χ1) is 7.06. The summed E-state index contributed by atoms with van der Waals surface area (Å²) in [5, 5.41) is 3.38. The van der Waals surface area contributed by atoms with Crippen LogP contribution in [0.2, 0.25) is 10.0 Å². The van der Waals surface area contributed by atoms with E-state index >= 15 is 0 Å². The van der Waals surface area contributed by atoms with Crippen molar-refractivity contribution < 1.29 is 4.79 Å². The Labute approximate surface area is 98.5 Å². The van der Waals surface area contributed by atoms with Crippen LogP contribution in [0.15, 0.2) is 12.1 Å². The molecule has 1 amide bonds. The van der Waals surface area contributed by atoms with Gasteiger partial charge in [-0.1, -0.05) is 30.1 Å². The average Bonchev–Trinajstić information content (AvgIpc) is 2.20. The van der Waals surface area contributed by atoms with Crippen LogP contribution in [0, 0.1) is 0 Å². The van der Waals surface area contributed by atoms with E-state index in [-0.39, 0.29) is 5.91 Å². The summed E-state index contributed by atoms with van der Waals surface area (Å²) in [5.41, 5.74) is 6.29. The molecule has 0 saturated carbocycles. The lowest BCUT2D eigenvalue weighted by Gasteiger charge is -2.07. The van der Waals surface area contributed by atoms with E-state index in [0.717, 1.165) is 6.42 Å². The molecule has 0 bridgehead atoms. The zero-order chi connectivity index (χ0) is 11.4. The van der Waals surface area contributed by atoms with Crippen LogP contribution in [0.4, 0.5) is 5.69 Å². The van der Waals surface area contributed by atoms with Crippen molar-refractivity contribution in [3.63, 3.8) is 0 Å². The molecular weight excluding hydrogens is 235 g/mol. The second-order valence-electron chi connectivity index (χ2n) is 3.11. The predicted octanol–water partition coefficient (Wildman–Crippen LogP) is 2.72. The molecule has 0 aliphatic heterocycles. The Morgan fingerprint density at radius 1 is 1.40 bits per heavy atom. The van der Waals surface area contributed by atoms with Gasteiger partial charge in [0.05, 0.1) is 21.3 Å². The maximum atomic E-state index is 11.6. The molecule has 0 heterocycles. The van der Waals surface area contributed by atoms with Crippen molar-refractivity contribution in [1.29, 1.82) is 0 Å². The molecule has 3 nitrogen and oxygen atoms in total. The van der Waals surface area contributed by atoms with E-state index in [9.17, 15) is 4.79 Å². The smallest absolute Gasteiger partial charge is 0.252 e. The van der Waals surface area contributed by atoms with E-state index < -0.39 is 0 Å². The number of rotatable bonds is 3. The van der Waals surface area contributed by atoms with Gasteiger partial charge in [-0.25, -0.2) is 0 Å². The molecule has 1 aromatic carbocycles. The van der Waals surface area contributed by atoms with E-state index in [1.165, 1.54) is 12.1 Å².